The number of thioether (sulfide) groups is 1. The van der Waals surface area contributed by atoms with Gasteiger partial charge in [0.2, 0.25) is 11.8 Å². The molecule has 11 heteroatoms. The Hall–Kier alpha value is -3.99. The van der Waals surface area contributed by atoms with E-state index in [1.54, 1.807) is 31.4 Å². The number of carbonyl (C=O) groups excluding carboxylic acids is 3. The number of anilines is 2. The fraction of sp³-hybridized carbons (Fsp3) is 0.143. The lowest BCUT2D eigenvalue weighted by Crippen LogP contribution is -2.34. The van der Waals surface area contributed by atoms with Gasteiger partial charge in [-0.15, -0.1) is 0 Å². The lowest BCUT2D eigenvalue weighted by Gasteiger charge is -2.21. The van der Waals surface area contributed by atoms with Gasteiger partial charge in [0.1, 0.15) is 17.4 Å². The van der Waals surface area contributed by atoms with E-state index in [0.717, 1.165) is 11.8 Å². The minimum absolute atomic E-state index is 0.0132. The maximum atomic E-state index is 12.5. The highest BCUT2D eigenvalue weighted by molar-refractivity contribution is 8.14. The lowest BCUT2D eigenvalue weighted by molar-refractivity contribution is -0.118. The van der Waals surface area contributed by atoms with Crippen molar-refractivity contribution in [3.63, 3.8) is 0 Å². The van der Waals surface area contributed by atoms with Gasteiger partial charge in [0.05, 0.1) is 12.9 Å². The van der Waals surface area contributed by atoms with Gasteiger partial charge in [-0.2, -0.15) is 10.1 Å². The van der Waals surface area contributed by atoms with Crippen LogP contribution < -0.4 is 20.8 Å². The van der Waals surface area contributed by atoms with Crippen LogP contribution in [0, 0.1) is 5.92 Å². The largest absolute Gasteiger partial charge is 0.494 e. The summed E-state index contributed by atoms with van der Waals surface area (Å²) < 4.78 is 5.38. The third-order valence-electron chi connectivity index (χ3n) is 4.61. The standard InChI is InChI=1S/C21H18N6O4S/c1-31-16-5-3-2-4-15(16)27-19-14(10-23-27)20(30)26-21(25-19)32-11-17(28)24-13-8-6-12(7-9-13)18(22)29/h2-10,14H,11H2,1H3,(H2,22,29)(H,24,28). The number of primary amides is 1. The second-order valence-corrected chi connectivity index (χ2v) is 7.65. The average Bonchev–Trinajstić information content (AvgIpc) is 3.22. The van der Waals surface area contributed by atoms with Gasteiger partial charge < -0.3 is 15.8 Å². The van der Waals surface area contributed by atoms with Gasteiger partial charge in [0, 0.05) is 17.5 Å². The number of rotatable bonds is 6. The minimum Gasteiger partial charge on any atom is -0.494 e. The number of fused-ring (bicyclic) bond motifs is 1. The predicted molar refractivity (Wildman–Crippen MR) is 123 cm³/mol. The molecular weight excluding hydrogens is 432 g/mol. The molecule has 32 heavy (non-hydrogen) atoms. The van der Waals surface area contributed by atoms with E-state index in [2.05, 4.69) is 20.4 Å². The van der Waals surface area contributed by atoms with E-state index in [-0.39, 0.29) is 16.8 Å². The average molecular weight is 450 g/mol. The molecule has 0 aliphatic carbocycles. The number of amidine groups is 2. The number of carbonyl (C=O) groups is 3. The van der Waals surface area contributed by atoms with Gasteiger partial charge >= 0.3 is 0 Å². The molecule has 0 radical (unpaired) electrons. The first-order valence-electron chi connectivity index (χ1n) is 9.47. The van der Waals surface area contributed by atoms with Crippen LogP contribution in [-0.4, -0.2) is 47.8 Å². The van der Waals surface area contributed by atoms with Crippen molar-refractivity contribution in [1.82, 2.24) is 0 Å². The number of ether oxygens (including phenoxy) is 1. The van der Waals surface area contributed by atoms with Crippen LogP contribution in [0.15, 0.2) is 63.6 Å². The van der Waals surface area contributed by atoms with E-state index in [1.807, 2.05) is 12.1 Å². The molecule has 0 spiro atoms. The molecule has 2 aromatic rings. The number of methoxy groups -OCH3 is 1. The monoisotopic (exact) mass is 450 g/mol. The summed E-state index contributed by atoms with van der Waals surface area (Å²) in [6, 6.07) is 13.5. The zero-order valence-corrected chi connectivity index (χ0v) is 17.7. The number of para-hydroxylation sites is 2. The zero-order valence-electron chi connectivity index (χ0n) is 16.9. The van der Waals surface area contributed by atoms with Crippen molar-refractivity contribution in [3.05, 3.63) is 54.1 Å². The van der Waals surface area contributed by atoms with Gasteiger partial charge in [0.15, 0.2) is 11.0 Å². The lowest BCUT2D eigenvalue weighted by atomic mass is 10.1. The molecule has 3 N–H and O–H groups in total. The Labute approximate surface area is 187 Å². The summed E-state index contributed by atoms with van der Waals surface area (Å²) in [4.78, 5) is 44.3. The second-order valence-electron chi connectivity index (χ2n) is 6.71. The van der Waals surface area contributed by atoms with Crippen LogP contribution in [0.5, 0.6) is 5.75 Å². The Bertz CT molecular complexity index is 1180. The topological polar surface area (TPSA) is 139 Å². The first-order valence-corrected chi connectivity index (χ1v) is 10.5. The number of hydrogen-bond donors (Lipinski definition) is 2. The van der Waals surface area contributed by atoms with E-state index in [9.17, 15) is 14.4 Å². The molecular formula is C21H18N6O4S. The minimum atomic E-state index is -0.679. The van der Waals surface area contributed by atoms with Crippen molar-refractivity contribution < 1.29 is 19.1 Å². The van der Waals surface area contributed by atoms with Crippen molar-refractivity contribution >= 4 is 58.1 Å². The van der Waals surface area contributed by atoms with Gasteiger partial charge in [-0.1, -0.05) is 23.9 Å². The Morgan fingerprint density at radius 1 is 1.16 bits per heavy atom. The molecule has 0 saturated carbocycles. The third-order valence-corrected chi connectivity index (χ3v) is 5.45. The Morgan fingerprint density at radius 3 is 2.62 bits per heavy atom. The SMILES string of the molecule is COc1ccccc1N1N=CC2C(=O)N=C(SCC(=O)Nc3ccc(C(N)=O)cc3)N=C21. The van der Waals surface area contributed by atoms with Crippen LogP contribution >= 0.6 is 11.8 Å². The quantitative estimate of drug-likeness (QED) is 0.689. The number of nitrogens with zero attached hydrogens (tertiary/aromatic N) is 4. The fourth-order valence-corrected chi connectivity index (χ4v) is 3.71. The Morgan fingerprint density at radius 2 is 1.91 bits per heavy atom. The van der Waals surface area contributed by atoms with E-state index in [0.29, 0.717) is 28.5 Å². The molecule has 0 saturated heterocycles. The van der Waals surface area contributed by atoms with Gasteiger partial charge in [-0.25, -0.2) is 10.0 Å². The van der Waals surface area contributed by atoms with Crippen molar-refractivity contribution in [2.45, 2.75) is 0 Å². The smallest absolute Gasteiger partial charge is 0.264 e. The van der Waals surface area contributed by atoms with Crippen LogP contribution in [-0.2, 0) is 9.59 Å². The van der Waals surface area contributed by atoms with Crippen molar-refractivity contribution in [3.8, 4) is 5.75 Å². The van der Waals surface area contributed by atoms with Gasteiger partial charge in [-0.3, -0.25) is 14.4 Å². The molecule has 1 atom stereocenters. The first-order chi connectivity index (χ1) is 15.5. The molecule has 1 unspecified atom stereocenters. The summed E-state index contributed by atoms with van der Waals surface area (Å²) in [5.41, 5.74) is 6.70. The van der Waals surface area contributed by atoms with E-state index < -0.39 is 17.7 Å². The molecule has 162 valence electrons. The molecule has 2 heterocycles. The summed E-state index contributed by atoms with van der Waals surface area (Å²) >= 11 is 1.03. The summed E-state index contributed by atoms with van der Waals surface area (Å²) in [6.45, 7) is 0. The highest BCUT2D eigenvalue weighted by Gasteiger charge is 2.37. The highest BCUT2D eigenvalue weighted by atomic mass is 32.2. The molecule has 10 nitrogen and oxygen atoms in total. The maximum absolute atomic E-state index is 12.5. The first kappa shape index (κ1) is 21.2. The number of nitrogens with one attached hydrogen (secondary N) is 1. The van der Waals surface area contributed by atoms with Crippen molar-refractivity contribution in [1.29, 1.82) is 0 Å². The molecule has 2 aliphatic rings. The number of amides is 3. The summed E-state index contributed by atoms with van der Waals surface area (Å²) in [5.74, 6) is -0.973. The van der Waals surface area contributed by atoms with Crippen molar-refractivity contribution in [2.24, 2.45) is 26.7 Å². The highest BCUT2D eigenvalue weighted by Crippen LogP contribution is 2.33. The van der Waals surface area contributed by atoms with Gasteiger partial charge in [-0.05, 0) is 36.4 Å². The van der Waals surface area contributed by atoms with Crippen LogP contribution in [0.2, 0.25) is 0 Å². The second kappa shape index (κ2) is 9.02. The Kier molecular flexibility index (Phi) is 5.99. The normalized spacial score (nSPS) is 16.8. The summed E-state index contributed by atoms with van der Waals surface area (Å²) in [5, 5.41) is 8.71. The van der Waals surface area contributed by atoms with Crippen LogP contribution in [0.4, 0.5) is 11.4 Å². The molecule has 3 amide bonds. The van der Waals surface area contributed by atoms with E-state index >= 15 is 0 Å². The Balaban J connectivity index is 1.44. The van der Waals surface area contributed by atoms with Crippen LogP contribution in [0.25, 0.3) is 0 Å². The summed E-state index contributed by atoms with van der Waals surface area (Å²) in [6.07, 6.45) is 1.49. The van der Waals surface area contributed by atoms with Crippen LogP contribution in [0.3, 0.4) is 0 Å². The van der Waals surface area contributed by atoms with E-state index in [1.165, 1.54) is 23.4 Å². The molecule has 0 fully saturated rings. The molecule has 2 aliphatic heterocycles. The van der Waals surface area contributed by atoms with Crippen LogP contribution in [0.1, 0.15) is 10.4 Å². The summed E-state index contributed by atoms with van der Waals surface area (Å²) in [7, 11) is 1.55. The number of benzene rings is 2. The third kappa shape index (κ3) is 4.37. The predicted octanol–water partition coefficient (Wildman–Crippen LogP) is 1.88. The number of nitrogens with two attached hydrogens (primary N) is 1. The molecule has 0 aromatic heterocycles. The number of hydrazone groups is 1. The number of hydrogen-bond acceptors (Lipinski definition) is 8. The maximum Gasteiger partial charge on any atom is 0.264 e. The molecule has 2 aromatic carbocycles. The number of aliphatic imine (C=N–C) groups is 2. The molecule has 4 rings (SSSR count). The van der Waals surface area contributed by atoms with Gasteiger partial charge in [0.25, 0.3) is 5.91 Å². The molecule has 0 bridgehead atoms. The zero-order chi connectivity index (χ0) is 22.7. The fourth-order valence-electron chi connectivity index (χ4n) is 3.07. The van der Waals surface area contributed by atoms with Crippen molar-refractivity contribution in [2.75, 3.05) is 23.2 Å². The van der Waals surface area contributed by atoms with E-state index in [4.69, 9.17) is 10.5 Å².